The Balaban J connectivity index is 1.49. The molecule has 0 atom stereocenters. The minimum atomic E-state index is -1.18. The summed E-state index contributed by atoms with van der Waals surface area (Å²) in [7, 11) is 0.422. The van der Waals surface area contributed by atoms with E-state index in [0.29, 0.717) is 23.9 Å². The van der Waals surface area contributed by atoms with Crippen molar-refractivity contribution in [3.05, 3.63) is 36.7 Å². The van der Waals surface area contributed by atoms with Gasteiger partial charge in [-0.3, -0.25) is 4.98 Å². The zero-order valence-corrected chi connectivity index (χ0v) is 23.8. The van der Waals surface area contributed by atoms with Crippen molar-refractivity contribution in [3.63, 3.8) is 0 Å². The van der Waals surface area contributed by atoms with Crippen LogP contribution in [0.5, 0.6) is 11.5 Å². The van der Waals surface area contributed by atoms with E-state index in [1.807, 2.05) is 6.07 Å². The van der Waals surface area contributed by atoms with Gasteiger partial charge in [0.25, 0.3) is 0 Å². The van der Waals surface area contributed by atoms with Crippen LogP contribution >= 0.6 is 0 Å². The van der Waals surface area contributed by atoms with E-state index in [4.69, 9.17) is 14.2 Å². The average molecular weight is 539 g/mol. The van der Waals surface area contributed by atoms with Crippen LogP contribution in [0, 0.1) is 0 Å². The lowest BCUT2D eigenvalue weighted by molar-refractivity contribution is 0.0784. The molecule has 10 nitrogen and oxygen atoms in total. The molecule has 0 bridgehead atoms. The molecular weight excluding hydrogens is 500 g/mol. The summed E-state index contributed by atoms with van der Waals surface area (Å²) in [6.45, 7) is 7.88. The van der Waals surface area contributed by atoms with E-state index >= 15 is 0 Å². The molecule has 1 fully saturated rings. The van der Waals surface area contributed by atoms with E-state index in [1.165, 1.54) is 12.8 Å². The zero-order valence-electron chi connectivity index (χ0n) is 22.8. The minimum Gasteiger partial charge on any atom is -0.496 e. The molecule has 11 heteroatoms. The highest BCUT2D eigenvalue weighted by molar-refractivity contribution is 6.76. The molecule has 1 amide bonds. The fraction of sp³-hybridized carbons (Fsp3) is 0.519. The molecule has 2 aromatic heterocycles. The van der Waals surface area contributed by atoms with E-state index in [9.17, 15) is 4.79 Å². The van der Waals surface area contributed by atoms with Gasteiger partial charge in [0, 0.05) is 49.8 Å². The Kier molecular flexibility index (Phi) is 9.46. The maximum atomic E-state index is 12.6. The number of carbonyl (C=O) groups excluding carboxylic acids is 1. The summed E-state index contributed by atoms with van der Waals surface area (Å²) < 4.78 is 18.7. The maximum absolute atomic E-state index is 12.6. The second kappa shape index (κ2) is 13.0. The van der Waals surface area contributed by atoms with Crippen molar-refractivity contribution in [2.45, 2.75) is 77.0 Å². The van der Waals surface area contributed by atoms with Gasteiger partial charge in [-0.2, -0.15) is 4.68 Å². The quantitative estimate of drug-likeness (QED) is 0.204. The summed E-state index contributed by atoms with van der Waals surface area (Å²) in [6.07, 6.45) is 9.70. The molecule has 204 valence electrons. The zero-order chi connectivity index (χ0) is 27.0. The summed E-state index contributed by atoms with van der Waals surface area (Å²) in [5.74, 6) is 1.62. The number of tetrazole rings is 1. The smallest absolute Gasteiger partial charge is 0.412 e. The minimum absolute atomic E-state index is 0.161. The molecule has 0 aliphatic heterocycles. The summed E-state index contributed by atoms with van der Waals surface area (Å²) in [5, 5.41) is 15.1. The molecular formula is C27H38N6O4Si. The van der Waals surface area contributed by atoms with Crippen molar-refractivity contribution >= 4 is 14.2 Å². The van der Waals surface area contributed by atoms with E-state index in [2.05, 4.69) is 45.5 Å². The van der Waals surface area contributed by atoms with Gasteiger partial charge in [0.05, 0.1) is 7.11 Å². The molecule has 0 radical (unpaired) electrons. The second-order valence-electron chi connectivity index (χ2n) is 10.9. The lowest BCUT2D eigenvalue weighted by Crippen LogP contribution is -2.36. The number of aromatic nitrogens is 5. The van der Waals surface area contributed by atoms with Crippen LogP contribution in [0.3, 0.4) is 0 Å². The number of hydrogen-bond donors (Lipinski definition) is 1. The maximum Gasteiger partial charge on any atom is 0.412 e. The number of ether oxygens (including phenoxy) is 3. The molecule has 1 aliphatic rings. The fourth-order valence-electron chi connectivity index (χ4n) is 4.44. The van der Waals surface area contributed by atoms with Gasteiger partial charge >= 0.3 is 6.09 Å². The topological polar surface area (TPSA) is 113 Å². The third kappa shape index (κ3) is 7.84. The van der Waals surface area contributed by atoms with Gasteiger partial charge in [-0.05, 0) is 53.6 Å². The van der Waals surface area contributed by atoms with Crippen molar-refractivity contribution in [3.8, 4) is 34.0 Å². The van der Waals surface area contributed by atoms with Crippen LogP contribution < -0.4 is 14.8 Å². The van der Waals surface area contributed by atoms with Crippen molar-refractivity contribution in [2.75, 3.05) is 13.7 Å². The summed E-state index contributed by atoms with van der Waals surface area (Å²) in [6, 6.07) is 8.46. The molecule has 1 N–H and O–H groups in total. The van der Waals surface area contributed by atoms with Gasteiger partial charge in [0.1, 0.15) is 18.2 Å². The van der Waals surface area contributed by atoms with Crippen molar-refractivity contribution < 1.29 is 19.0 Å². The van der Waals surface area contributed by atoms with Crippen LogP contribution in [0.25, 0.3) is 22.5 Å². The number of carbonyl (C=O) groups is 1. The molecule has 0 unspecified atom stereocenters. The molecule has 2 heterocycles. The molecule has 4 rings (SSSR count). The lowest BCUT2D eigenvalue weighted by Gasteiger charge is -2.17. The van der Waals surface area contributed by atoms with Crippen LogP contribution in [0.2, 0.25) is 25.7 Å². The number of hydrogen-bond acceptors (Lipinski definition) is 8. The van der Waals surface area contributed by atoms with Gasteiger partial charge in [0.2, 0.25) is 0 Å². The van der Waals surface area contributed by atoms with Gasteiger partial charge in [0.15, 0.2) is 5.82 Å². The number of rotatable bonds is 10. The first-order valence-electron chi connectivity index (χ1n) is 13.3. The Morgan fingerprint density at radius 1 is 1.08 bits per heavy atom. The number of amides is 1. The molecule has 1 aliphatic carbocycles. The predicted molar refractivity (Wildman–Crippen MR) is 148 cm³/mol. The van der Waals surface area contributed by atoms with Crippen molar-refractivity contribution in [1.29, 1.82) is 0 Å². The standard InChI is InChI=1S/C27H38N6O4Si/c1-35-25-12-11-23(37-27(34)29-22-9-7-5-6-8-10-22)16-24(25)20-15-21(18-28-17-20)26-30-31-32-33(26)19-36-13-14-38(2,3)4/h11-12,15-18,22H,5-10,13-14,19H2,1-4H3,(H,29,34). The molecule has 1 aromatic carbocycles. The van der Waals surface area contributed by atoms with Crippen LogP contribution in [-0.4, -0.2) is 59.1 Å². The van der Waals surface area contributed by atoms with Gasteiger partial charge in [-0.25, -0.2) is 4.79 Å². The summed E-state index contributed by atoms with van der Waals surface area (Å²) in [4.78, 5) is 17.0. The highest BCUT2D eigenvalue weighted by atomic mass is 28.3. The number of benzene rings is 1. The molecule has 0 spiro atoms. The normalized spacial score (nSPS) is 14.6. The molecule has 1 saturated carbocycles. The molecule has 0 saturated heterocycles. The average Bonchev–Trinajstić information content (AvgIpc) is 3.22. The summed E-state index contributed by atoms with van der Waals surface area (Å²) in [5.41, 5.74) is 2.26. The van der Waals surface area contributed by atoms with Crippen LogP contribution in [0.15, 0.2) is 36.7 Å². The third-order valence-electron chi connectivity index (χ3n) is 6.61. The van der Waals surface area contributed by atoms with E-state index in [0.717, 1.165) is 48.4 Å². The molecule has 38 heavy (non-hydrogen) atoms. The Morgan fingerprint density at radius 2 is 1.84 bits per heavy atom. The fourth-order valence-corrected chi connectivity index (χ4v) is 5.20. The van der Waals surface area contributed by atoms with Gasteiger partial charge in [-0.1, -0.05) is 45.3 Å². The monoisotopic (exact) mass is 538 g/mol. The largest absolute Gasteiger partial charge is 0.496 e. The van der Waals surface area contributed by atoms with E-state index in [1.54, 1.807) is 42.4 Å². The first-order valence-corrected chi connectivity index (χ1v) is 17.0. The number of nitrogens with one attached hydrogen (secondary N) is 1. The summed E-state index contributed by atoms with van der Waals surface area (Å²) >= 11 is 0. The highest BCUT2D eigenvalue weighted by Gasteiger charge is 2.18. The Labute approximate surface area is 225 Å². The first kappa shape index (κ1) is 27.7. The van der Waals surface area contributed by atoms with Gasteiger partial charge < -0.3 is 19.5 Å². The predicted octanol–water partition coefficient (Wildman–Crippen LogP) is 5.53. The van der Waals surface area contributed by atoms with Crippen molar-refractivity contribution in [2.24, 2.45) is 0 Å². The highest BCUT2D eigenvalue weighted by Crippen LogP contribution is 2.34. The van der Waals surface area contributed by atoms with E-state index < -0.39 is 14.2 Å². The van der Waals surface area contributed by atoms with Crippen LogP contribution in [0.4, 0.5) is 4.79 Å². The first-order chi connectivity index (χ1) is 18.3. The number of methoxy groups -OCH3 is 1. The third-order valence-corrected chi connectivity index (χ3v) is 8.31. The Hall–Kier alpha value is -3.31. The number of pyridine rings is 1. The van der Waals surface area contributed by atoms with Gasteiger partial charge in [-0.15, -0.1) is 5.10 Å². The Bertz CT molecular complexity index is 1200. The van der Waals surface area contributed by atoms with E-state index in [-0.39, 0.29) is 12.8 Å². The number of nitrogens with zero attached hydrogens (tertiary/aromatic N) is 5. The lowest BCUT2D eigenvalue weighted by atomic mass is 10.0. The van der Waals surface area contributed by atoms with Crippen LogP contribution in [-0.2, 0) is 11.5 Å². The van der Waals surface area contributed by atoms with Crippen LogP contribution in [0.1, 0.15) is 38.5 Å². The Morgan fingerprint density at radius 3 is 2.58 bits per heavy atom. The molecule has 3 aromatic rings. The van der Waals surface area contributed by atoms with Crippen molar-refractivity contribution in [1.82, 2.24) is 30.5 Å². The second-order valence-corrected chi connectivity index (χ2v) is 16.5. The SMILES string of the molecule is COc1ccc(OC(=O)NC2CCCCCC2)cc1-c1cncc(-c2nnnn2COCC[Si](C)(C)C)c1.